The Balaban J connectivity index is 2.43. The van der Waals surface area contributed by atoms with E-state index >= 15 is 0 Å². The summed E-state index contributed by atoms with van der Waals surface area (Å²) in [5.41, 5.74) is 0. The minimum Gasteiger partial charge on any atom is -0.351 e. The number of rotatable bonds is 0. The minimum atomic E-state index is 0.0104. The average molecular weight is 129 g/mol. The van der Waals surface area contributed by atoms with Gasteiger partial charge in [-0.25, -0.2) is 5.01 Å². The van der Waals surface area contributed by atoms with Gasteiger partial charge in [0.1, 0.15) is 0 Å². The van der Waals surface area contributed by atoms with Crippen molar-refractivity contribution in [3.63, 3.8) is 0 Å². The lowest BCUT2D eigenvalue weighted by Gasteiger charge is -2.26. The molecule has 1 aliphatic rings. The molecule has 4 nitrogen and oxygen atoms in total. The van der Waals surface area contributed by atoms with E-state index in [9.17, 15) is 4.79 Å². The second kappa shape index (κ2) is 2.33. The first-order valence-corrected chi connectivity index (χ1v) is 2.97. The zero-order valence-corrected chi connectivity index (χ0v) is 5.42. The third-order valence-electron chi connectivity index (χ3n) is 1.26. The van der Waals surface area contributed by atoms with Gasteiger partial charge in [0.2, 0.25) is 5.91 Å². The van der Waals surface area contributed by atoms with Gasteiger partial charge in [0.15, 0.2) is 0 Å². The summed E-state index contributed by atoms with van der Waals surface area (Å²) in [5.74, 6) is 5.40. The van der Waals surface area contributed by atoms with Crippen molar-refractivity contribution in [2.75, 3.05) is 13.1 Å². The van der Waals surface area contributed by atoms with Crippen molar-refractivity contribution in [2.45, 2.75) is 13.0 Å². The van der Waals surface area contributed by atoms with Crippen molar-refractivity contribution in [2.24, 2.45) is 5.84 Å². The second-order valence-corrected chi connectivity index (χ2v) is 2.40. The van der Waals surface area contributed by atoms with E-state index in [1.54, 1.807) is 0 Å². The van der Waals surface area contributed by atoms with Gasteiger partial charge in [0, 0.05) is 12.6 Å². The van der Waals surface area contributed by atoms with Crippen molar-refractivity contribution in [3.8, 4) is 0 Å². The predicted molar refractivity (Wildman–Crippen MR) is 33.4 cm³/mol. The highest BCUT2D eigenvalue weighted by atomic mass is 16.2. The first-order valence-electron chi connectivity index (χ1n) is 2.97. The monoisotopic (exact) mass is 129 g/mol. The molecule has 1 fully saturated rings. The van der Waals surface area contributed by atoms with Crippen LogP contribution in [0, 0.1) is 0 Å². The molecule has 52 valence electrons. The third kappa shape index (κ3) is 1.65. The van der Waals surface area contributed by atoms with Crippen LogP contribution >= 0.6 is 0 Å². The number of carbonyl (C=O) groups is 1. The maximum absolute atomic E-state index is 10.7. The zero-order chi connectivity index (χ0) is 6.85. The maximum Gasteiger partial charge on any atom is 0.235 e. The van der Waals surface area contributed by atoms with Crippen molar-refractivity contribution >= 4 is 5.91 Å². The molecule has 1 unspecified atom stereocenters. The molecule has 0 aromatic carbocycles. The topological polar surface area (TPSA) is 58.4 Å². The van der Waals surface area contributed by atoms with Gasteiger partial charge in [0.05, 0.1) is 6.54 Å². The summed E-state index contributed by atoms with van der Waals surface area (Å²) in [7, 11) is 0. The molecule has 1 amide bonds. The first kappa shape index (κ1) is 6.51. The summed E-state index contributed by atoms with van der Waals surface area (Å²) in [4.78, 5) is 10.7. The Labute approximate surface area is 54.0 Å². The van der Waals surface area contributed by atoms with Gasteiger partial charge < -0.3 is 5.32 Å². The van der Waals surface area contributed by atoms with Crippen LogP contribution in [0.15, 0.2) is 0 Å². The molecule has 1 aliphatic heterocycles. The van der Waals surface area contributed by atoms with E-state index in [0.29, 0.717) is 6.54 Å². The fourth-order valence-corrected chi connectivity index (χ4v) is 0.967. The Kier molecular flexibility index (Phi) is 1.68. The molecule has 1 rings (SSSR count). The molecule has 1 atom stereocenters. The Hall–Kier alpha value is -0.610. The molecule has 1 saturated heterocycles. The normalized spacial score (nSPS) is 30.0. The lowest BCUT2D eigenvalue weighted by Crippen LogP contribution is -2.55. The number of carbonyl (C=O) groups excluding carboxylic acids is 1. The second-order valence-electron chi connectivity index (χ2n) is 2.40. The van der Waals surface area contributed by atoms with Crippen LogP contribution in [0.25, 0.3) is 0 Å². The smallest absolute Gasteiger partial charge is 0.235 e. The Morgan fingerprint density at radius 3 is 3.00 bits per heavy atom. The molecule has 0 radical (unpaired) electrons. The van der Waals surface area contributed by atoms with Crippen molar-refractivity contribution in [1.29, 1.82) is 0 Å². The molecule has 3 N–H and O–H groups in total. The number of piperazine rings is 1. The van der Waals surface area contributed by atoms with Gasteiger partial charge >= 0.3 is 0 Å². The largest absolute Gasteiger partial charge is 0.351 e. The van der Waals surface area contributed by atoms with Crippen LogP contribution in [0.4, 0.5) is 0 Å². The van der Waals surface area contributed by atoms with E-state index in [2.05, 4.69) is 5.32 Å². The number of amides is 1. The highest BCUT2D eigenvalue weighted by Crippen LogP contribution is 1.91. The summed E-state index contributed by atoms with van der Waals surface area (Å²) in [6, 6.07) is 0.191. The molecule has 1 heterocycles. The van der Waals surface area contributed by atoms with Gasteiger partial charge in [0.25, 0.3) is 0 Å². The quantitative estimate of drug-likeness (QED) is 0.399. The van der Waals surface area contributed by atoms with Gasteiger partial charge in [-0.1, -0.05) is 0 Å². The van der Waals surface area contributed by atoms with E-state index in [1.165, 1.54) is 5.01 Å². The Morgan fingerprint density at radius 1 is 1.89 bits per heavy atom. The number of hydrazine groups is 1. The van der Waals surface area contributed by atoms with Crippen LogP contribution < -0.4 is 11.2 Å². The summed E-state index contributed by atoms with van der Waals surface area (Å²) in [6.07, 6.45) is 0. The Bertz CT molecular complexity index is 113. The van der Waals surface area contributed by atoms with E-state index in [0.717, 1.165) is 6.54 Å². The number of nitrogens with one attached hydrogen (secondary N) is 1. The molecule has 0 aliphatic carbocycles. The van der Waals surface area contributed by atoms with Crippen molar-refractivity contribution in [3.05, 3.63) is 0 Å². The summed E-state index contributed by atoms with van der Waals surface area (Å²) in [5, 5.41) is 4.27. The standard InChI is InChI=1S/C5H11N3O/c1-4-2-8(6)3-5(9)7-4/h4H,2-3,6H2,1H3,(H,7,9). The fraction of sp³-hybridized carbons (Fsp3) is 0.800. The highest BCUT2D eigenvalue weighted by Gasteiger charge is 2.17. The lowest BCUT2D eigenvalue weighted by molar-refractivity contribution is -0.125. The lowest BCUT2D eigenvalue weighted by atomic mass is 10.2. The molecule has 9 heavy (non-hydrogen) atoms. The SMILES string of the molecule is CC1CN(N)CC(=O)N1. The molecular formula is C5H11N3O. The van der Waals surface area contributed by atoms with Crippen LogP contribution in [-0.4, -0.2) is 30.0 Å². The van der Waals surface area contributed by atoms with E-state index in [1.807, 2.05) is 6.92 Å². The van der Waals surface area contributed by atoms with E-state index in [-0.39, 0.29) is 11.9 Å². The Morgan fingerprint density at radius 2 is 2.56 bits per heavy atom. The summed E-state index contributed by atoms with van der Waals surface area (Å²) in [6.45, 7) is 2.99. The number of nitrogens with zero attached hydrogens (tertiary/aromatic N) is 1. The number of hydrogen-bond donors (Lipinski definition) is 2. The summed E-state index contributed by atoms with van der Waals surface area (Å²) < 4.78 is 0. The summed E-state index contributed by atoms with van der Waals surface area (Å²) >= 11 is 0. The fourth-order valence-electron chi connectivity index (χ4n) is 0.967. The first-order chi connectivity index (χ1) is 4.18. The molecular weight excluding hydrogens is 118 g/mol. The minimum absolute atomic E-state index is 0.0104. The van der Waals surface area contributed by atoms with Gasteiger partial charge in [-0.3, -0.25) is 10.6 Å². The van der Waals surface area contributed by atoms with Crippen LogP contribution in [0.5, 0.6) is 0 Å². The van der Waals surface area contributed by atoms with Crippen molar-refractivity contribution < 1.29 is 4.79 Å². The molecule has 0 saturated carbocycles. The predicted octanol–water partition coefficient (Wildman–Crippen LogP) is -1.32. The van der Waals surface area contributed by atoms with Gasteiger partial charge in [-0.15, -0.1) is 0 Å². The molecule has 0 aromatic heterocycles. The van der Waals surface area contributed by atoms with Crippen LogP contribution in [0.1, 0.15) is 6.92 Å². The molecule has 4 heteroatoms. The molecule has 0 bridgehead atoms. The number of nitrogens with two attached hydrogens (primary N) is 1. The maximum atomic E-state index is 10.7. The van der Waals surface area contributed by atoms with Gasteiger partial charge in [-0.05, 0) is 6.92 Å². The highest BCUT2D eigenvalue weighted by molar-refractivity contribution is 5.78. The average Bonchev–Trinajstić information content (AvgIpc) is 1.59. The molecule has 0 spiro atoms. The van der Waals surface area contributed by atoms with Gasteiger partial charge in [-0.2, -0.15) is 0 Å². The van der Waals surface area contributed by atoms with E-state index in [4.69, 9.17) is 5.84 Å². The van der Waals surface area contributed by atoms with Crippen LogP contribution in [-0.2, 0) is 4.79 Å². The van der Waals surface area contributed by atoms with Crippen LogP contribution in [0.3, 0.4) is 0 Å². The molecule has 0 aromatic rings. The van der Waals surface area contributed by atoms with E-state index < -0.39 is 0 Å². The van der Waals surface area contributed by atoms with Crippen molar-refractivity contribution in [1.82, 2.24) is 10.3 Å². The number of hydrogen-bond acceptors (Lipinski definition) is 3. The van der Waals surface area contributed by atoms with Crippen LogP contribution in [0.2, 0.25) is 0 Å². The zero-order valence-electron chi connectivity index (χ0n) is 5.42. The third-order valence-corrected chi connectivity index (χ3v) is 1.26.